The van der Waals surface area contributed by atoms with Crippen molar-refractivity contribution in [2.45, 2.75) is 38.5 Å². The van der Waals surface area contributed by atoms with E-state index in [1.807, 2.05) is 0 Å². The van der Waals surface area contributed by atoms with E-state index < -0.39 is 0 Å². The lowest BCUT2D eigenvalue weighted by Gasteiger charge is -2.29. The second-order valence-electron chi connectivity index (χ2n) is 12.7. The van der Waals surface area contributed by atoms with Crippen LogP contribution in [-0.2, 0) is 10.8 Å². The van der Waals surface area contributed by atoms with Crippen LogP contribution in [0, 0.1) is 0 Å². The van der Waals surface area contributed by atoms with Crippen LogP contribution in [0.1, 0.15) is 49.9 Å². The van der Waals surface area contributed by atoms with Crippen LogP contribution >= 0.6 is 0 Å². The van der Waals surface area contributed by atoms with Crippen molar-refractivity contribution in [1.29, 1.82) is 0 Å². The molecule has 41 heavy (non-hydrogen) atoms. The number of anilines is 3. The second-order valence-corrected chi connectivity index (χ2v) is 12.7. The van der Waals surface area contributed by atoms with E-state index >= 15 is 0 Å². The maximum atomic E-state index is 2.42. The summed E-state index contributed by atoms with van der Waals surface area (Å²) in [6.45, 7) is 9.43. The van der Waals surface area contributed by atoms with Crippen LogP contribution in [0.25, 0.3) is 33.0 Å². The Kier molecular flexibility index (Phi) is 4.98. The van der Waals surface area contributed by atoms with Gasteiger partial charge in [0, 0.05) is 27.9 Å². The molecule has 8 rings (SSSR count). The van der Waals surface area contributed by atoms with Gasteiger partial charge in [0.1, 0.15) is 0 Å². The molecule has 2 aliphatic rings. The van der Waals surface area contributed by atoms with Gasteiger partial charge in [-0.25, -0.2) is 0 Å². The normalized spacial score (nSPS) is 15.2. The first-order chi connectivity index (χ1) is 19.8. The molecule has 0 radical (unpaired) electrons. The molecule has 0 aromatic heterocycles. The summed E-state index contributed by atoms with van der Waals surface area (Å²) < 4.78 is 0. The lowest BCUT2D eigenvalue weighted by atomic mass is 9.82. The Morgan fingerprint density at radius 3 is 1.68 bits per heavy atom. The average molecular weight is 528 g/mol. The van der Waals surface area contributed by atoms with Crippen molar-refractivity contribution in [2.75, 3.05) is 4.90 Å². The topological polar surface area (TPSA) is 3.24 Å². The van der Waals surface area contributed by atoms with Crippen molar-refractivity contribution in [1.82, 2.24) is 0 Å². The zero-order valence-electron chi connectivity index (χ0n) is 24.1. The smallest absolute Gasteiger partial charge is 0.0468 e. The minimum absolute atomic E-state index is 0.0474. The number of para-hydroxylation sites is 1. The van der Waals surface area contributed by atoms with E-state index in [1.165, 1.54) is 66.7 Å². The first-order valence-corrected chi connectivity index (χ1v) is 14.6. The van der Waals surface area contributed by atoms with E-state index in [0.29, 0.717) is 0 Å². The zero-order chi connectivity index (χ0) is 27.9. The third-order valence-electron chi connectivity index (χ3n) is 9.62. The molecule has 198 valence electrons. The number of benzene rings is 6. The van der Waals surface area contributed by atoms with E-state index in [4.69, 9.17) is 0 Å². The molecule has 0 spiro atoms. The molecule has 2 aliphatic carbocycles. The molecule has 0 N–H and O–H groups in total. The van der Waals surface area contributed by atoms with Crippen molar-refractivity contribution < 1.29 is 0 Å². The van der Waals surface area contributed by atoms with E-state index in [9.17, 15) is 0 Å². The predicted octanol–water partition coefficient (Wildman–Crippen LogP) is 10.9. The van der Waals surface area contributed by atoms with Crippen LogP contribution in [-0.4, -0.2) is 0 Å². The molecule has 0 saturated carbocycles. The van der Waals surface area contributed by atoms with Crippen LogP contribution in [0.3, 0.4) is 0 Å². The van der Waals surface area contributed by atoms with Gasteiger partial charge in [-0.2, -0.15) is 0 Å². The molecule has 0 aliphatic heterocycles. The van der Waals surface area contributed by atoms with Gasteiger partial charge in [0.05, 0.1) is 0 Å². The summed E-state index contributed by atoms with van der Waals surface area (Å²) in [6.07, 6.45) is 0. The third-order valence-corrected chi connectivity index (χ3v) is 9.62. The largest absolute Gasteiger partial charge is 0.310 e. The molecule has 0 atom stereocenters. The molecule has 0 amide bonds. The lowest BCUT2D eigenvalue weighted by Crippen LogP contribution is -2.17. The van der Waals surface area contributed by atoms with Gasteiger partial charge in [-0.05, 0) is 104 Å². The van der Waals surface area contributed by atoms with Crippen molar-refractivity contribution >= 4 is 27.8 Å². The molecule has 1 heteroatoms. The molecule has 0 fully saturated rings. The lowest BCUT2D eigenvalue weighted by molar-refractivity contribution is 0.660. The highest BCUT2D eigenvalue weighted by molar-refractivity contribution is 5.95. The van der Waals surface area contributed by atoms with E-state index in [1.54, 1.807) is 0 Å². The highest BCUT2D eigenvalue weighted by Gasteiger charge is 2.37. The minimum atomic E-state index is -0.0494. The van der Waals surface area contributed by atoms with Gasteiger partial charge in [-0.3, -0.25) is 0 Å². The van der Waals surface area contributed by atoms with E-state index in [0.717, 1.165) is 5.69 Å². The summed E-state index contributed by atoms with van der Waals surface area (Å²) in [5, 5.41) is 2.60. The quantitative estimate of drug-likeness (QED) is 0.221. The van der Waals surface area contributed by atoms with Crippen molar-refractivity contribution in [3.63, 3.8) is 0 Å². The van der Waals surface area contributed by atoms with Crippen LogP contribution in [0.2, 0.25) is 0 Å². The SMILES string of the molecule is CC1(C)c2ccccc2-c2ccc(N(c3ccccc3)c3ccc4c(c3)-c3cc5ccccc5cc3C4(C)C)cc21. The summed E-state index contributed by atoms with van der Waals surface area (Å²) >= 11 is 0. The standard InChI is InChI=1S/C40H33N/c1-39(2)35-17-11-10-16-31(35)32-20-18-30(25-38(32)39)41(28-14-6-5-7-15-28)29-19-21-36-34(24-29)33-22-26-12-8-9-13-27(26)23-37(33)40(36,3)4/h5-25H,1-4H3. The molecule has 0 heterocycles. The Hall–Kier alpha value is -4.62. The van der Waals surface area contributed by atoms with Gasteiger partial charge in [0.15, 0.2) is 0 Å². The highest BCUT2D eigenvalue weighted by Crippen LogP contribution is 2.53. The summed E-state index contributed by atoms with van der Waals surface area (Å²) in [5.41, 5.74) is 14.4. The average Bonchev–Trinajstić information content (AvgIpc) is 3.36. The second kappa shape index (κ2) is 8.44. The Bertz CT molecular complexity index is 1990. The Morgan fingerprint density at radius 2 is 0.902 bits per heavy atom. The van der Waals surface area contributed by atoms with Gasteiger partial charge in [0.2, 0.25) is 0 Å². The highest BCUT2D eigenvalue weighted by atomic mass is 15.1. The van der Waals surface area contributed by atoms with Gasteiger partial charge in [-0.1, -0.05) is 107 Å². The van der Waals surface area contributed by atoms with Crippen molar-refractivity contribution in [3.8, 4) is 22.3 Å². The molecular formula is C40H33N. The first kappa shape index (κ1) is 24.2. The molecular weight excluding hydrogens is 494 g/mol. The van der Waals surface area contributed by atoms with Crippen molar-refractivity contribution in [2.24, 2.45) is 0 Å². The number of rotatable bonds is 3. The first-order valence-electron chi connectivity index (χ1n) is 14.6. The molecule has 6 aromatic carbocycles. The van der Waals surface area contributed by atoms with Gasteiger partial charge in [-0.15, -0.1) is 0 Å². The number of hydrogen-bond donors (Lipinski definition) is 0. The minimum Gasteiger partial charge on any atom is -0.310 e. The Morgan fingerprint density at radius 1 is 0.366 bits per heavy atom. The molecule has 0 bridgehead atoms. The summed E-state index contributed by atoms with van der Waals surface area (Å²) in [7, 11) is 0. The predicted molar refractivity (Wildman–Crippen MR) is 174 cm³/mol. The van der Waals surface area contributed by atoms with E-state index in [2.05, 4.69) is 160 Å². The number of fused-ring (bicyclic) bond motifs is 7. The van der Waals surface area contributed by atoms with Crippen LogP contribution in [0.5, 0.6) is 0 Å². The van der Waals surface area contributed by atoms with Crippen LogP contribution in [0.15, 0.2) is 127 Å². The zero-order valence-corrected chi connectivity index (χ0v) is 24.1. The molecule has 0 saturated heterocycles. The maximum absolute atomic E-state index is 2.42. The fraction of sp³-hybridized carbons (Fsp3) is 0.150. The van der Waals surface area contributed by atoms with Gasteiger partial charge < -0.3 is 4.90 Å². The Balaban J connectivity index is 1.32. The number of nitrogens with zero attached hydrogens (tertiary/aromatic N) is 1. The summed E-state index contributed by atoms with van der Waals surface area (Å²) in [5.74, 6) is 0. The van der Waals surface area contributed by atoms with E-state index in [-0.39, 0.29) is 10.8 Å². The Labute approximate surface area is 242 Å². The maximum Gasteiger partial charge on any atom is 0.0468 e. The third kappa shape index (κ3) is 3.42. The molecule has 6 aromatic rings. The fourth-order valence-corrected chi connectivity index (χ4v) is 7.42. The summed E-state index contributed by atoms with van der Waals surface area (Å²) in [4.78, 5) is 2.42. The summed E-state index contributed by atoms with van der Waals surface area (Å²) in [6, 6.07) is 47.3. The molecule has 1 nitrogen and oxygen atoms in total. The van der Waals surface area contributed by atoms with Gasteiger partial charge in [0.25, 0.3) is 0 Å². The number of hydrogen-bond acceptors (Lipinski definition) is 1. The van der Waals surface area contributed by atoms with Crippen LogP contribution < -0.4 is 4.90 Å². The molecule has 0 unspecified atom stereocenters. The van der Waals surface area contributed by atoms with Gasteiger partial charge >= 0.3 is 0 Å². The van der Waals surface area contributed by atoms with Crippen LogP contribution in [0.4, 0.5) is 17.1 Å². The fourth-order valence-electron chi connectivity index (χ4n) is 7.42. The monoisotopic (exact) mass is 527 g/mol. The van der Waals surface area contributed by atoms with Crippen molar-refractivity contribution in [3.05, 3.63) is 150 Å².